The fourth-order valence-corrected chi connectivity index (χ4v) is 5.01. The summed E-state index contributed by atoms with van der Waals surface area (Å²) in [6, 6.07) is 33.1. The molecule has 7 nitrogen and oxygen atoms in total. The minimum atomic E-state index is -0.176. The summed E-state index contributed by atoms with van der Waals surface area (Å²) in [5, 5.41) is 6.03. The SMILES string of the molecule is COc1ccccc1N1CCN(c2ccc(NC(=O)Cc3ccccc3)cc2C(=O)NCc2ccccc2)CC1. The van der Waals surface area contributed by atoms with Crippen LogP contribution in [-0.2, 0) is 17.8 Å². The lowest BCUT2D eigenvalue weighted by Crippen LogP contribution is -2.47. The zero-order valence-corrected chi connectivity index (χ0v) is 22.7. The molecule has 1 heterocycles. The van der Waals surface area contributed by atoms with E-state index in [0.29, 0.717) is 17.8 Å². The van der Waals surface area contributed by atoms with E-state index in [1.54, 1.807) is 13.2 Å². The molecule has 0 bridgehead atoms. The first kappa shape index (κ1) is 26.8. The molecular formula is C33H34N4O3. The van der Waals surface area contributed by atoms with Gasteiger partial charge in [0.2, 0.25) is 5.91 Å². The summed E-state index contributed by atoms with van der Waals surface area (Å²) in [7, 11) is 1.69. The molecule has 0 radical (unpaired) electrons. The number of nitrogens with one attached hydrogen (secondary N) is 2. The Balaban J connectivity index is 1.33. The standard InChI is InChI=1S/C33H34N4O3/c1-40-31-15-9-8-14-30(31)37-20-18-36(19-21-37)29-17-16-27(35-32(38)22-25-10-4-2-5-11-25)23-28(29)33(39)34-24-26-12-6-3-7-13-26/h2-17,23H,18-22,24H2,1H3,(H,34,39)(H,35,38). The first-order chi connectivity index (χ1) is 19.6. The van der Waals surface area contributed by atoms with Gasteiger partial charge in [0.1, 0.15) is 5.75 Å². The zero-order chi connectivity index (χ0) is 27.7. The van der Waals surface area contributed by atoms with E-state index in [0.717, 1.165) is 54.4 Å². The van der Waals surface area contributed by atoms with Crippen LogP contribution >= 0.6 is 0 Å². The van der Waals surface area contributed by atoms with Crippen LogP contribution in [-0.4, -0.2) is 45.1 Å². The highest BCUT2D eigenvalue weighted by Crippen LogP contribution is 2.31. The molecule has 1 saturated heterocycles. The maximum Gasteiger partial charge on any atom is 0.253 e. The lowest BCUT2D eigenvalue weighted by Gasteiger charge is -2.38. The minimum Gasteiger partial charge on any atom is -0.495 e. The highest BCUT2D eigenvalue weighted by Gasteiger charge is 2.24. The quantitative estimate of drug-likeness (QED) is 0.311. The van der Waals surface area contributed by atoms with Crippen molar-refractivity contribution >= 4 is 28.9 Å². The fourth-order valence-electron chi connectivity index (χ4n) is 5.01. The average Bonchev–Trinajstić information content (AvgIpc) is 3.01. The van der Waals surface area contributed by atoms with Crippen LogP contribution in [0.5, 0.6) is 5.75 Å². The van der Waals surface area contributed by atoms with E-state index in [1.165, 1.54) is 0 Å². The van der Waals surface area contributed by atoms with Gasteiger partial charge in [-0.25, -0.2) is 0 Å². The number of methoxy groups -OCH3 is 1. The van der Waals surface area contributed by atoms with E-state index in [-0.39, 0.29) is 18.2 Å². The van der Waals surface area contributed by atoms with E-state index in [2.05, 4.69) is 26.5 Å². The summed E-state index contributed by atoms with van der Waals surface area (Å²) >= 11 is 0. The molecule has 7 heteroatoms. The lowest BCUT2D eigenvalue weighted by molar-refractivity contribution is -0.115. The summed E-state index contributed by atoms with van der Waals surface area (Å²) in [5.41, 5.74) is 5.02. The van der Waals surface area contributed by atoms with Crippen molar-refractivity contribution in [2.45, 2.75) is 13.0 Å². The van der Waals surface area contributed by atoms with Gasteiger partial charge in [-0.15, -0.1) is 0 Å². The van der Waals surface area contributed by atoms with Crippen molar-refractivity contribution in [1.29, 1.82) is 0 Å². The van der Waals surface area contributed by atoms with Crippen molar-refractivity contribution in [3.8, 4) is 5.75 Å². The Morgan fingerprint density at radius 1 is 0.725 bits per heavy atom. The number of hydrogen-bond acceptors (Lipinski definition) is 5. The summed E-state index contributed by atoms with van der Waals surface area (Å²) in [5.74, 6) is 0.553. The predicted molar refractivity (Wildman–Crippen MR) is 160 cm³/mol. The van der Waals surface area contributed by atoms with E-state index >= 15 is 0 Å². The molecular weight excluding hydrogens is 500 g/mol. The van der Waals surface area contributed by atoms with Gasteiger partial charge in [0.15, 0.2) is 0 Å². The summed E-state index contributed by atoms with van der Waals surface area (Å²) in [4.78, 5) is 30.8. The number of hydrogen-bond donors (Lipinski definition) is 2. The van der Waals surface area contributed by atoms with Crippen molar-refractivity contribution in [2.24, 2.45) is 0 Å². The molecule has 1 aliphatic rings. The molecule has 0 saturated carbocycles. The van der Waals surface area contributed by atoms with Gasteiger partial charge in [0, 0.05) is 44.1 Å². The van der Waals surface area contributed by atoms with E-state index in [4.69, 9.17) is 4.74 Å². The Morgan fingerprint density at radius 2 is 1.32 bits per heavy atom. The van der Waals surface area contributed by atoms with Gasteiger partial charge in [0.25, 0.3) is 5.91 Å². The second-order valence-corrected chi connectivity index (χ2v) is 9.76. The van der Waals surface area contributed by atoms with Crippen LogP contribution in [0, 0.1) is 0 Å². The molecule has 1 aliphatic heterocycles. The Labute approximate surface area is 235 Å². The smallest absolute Gasteiger partial charge is 0.253 e. The lowest BCUT2D eigenvalue weighted by atomic mass is 10.1. The van der Waals surface area contributed by atoms with Gasteiger partial charge in [-0.2, -0.15) is 0 Å². The van der Waals surface area contributed by atoms with Crippen LogP contribution in [0.1, 0.15) is 21.5 Å². The molecule has 4 aromatic rings. The second-order valence-electron chi connectivity index (χ2n) is 9.76. The normalized spacial score (nSPS) is 13.0. The molecule has 0 aromatic heterocycles. The van der Waals surface area contributed by atoms with E-state index in [9.17, 15) is 9.59 Å². The third-order valence-electron chi connectivity index (χ3n) is 7.07. The topological polar surface area (TPSA) is 73.9 Å². The summed E-state index contributed by atoms with van der Waals surface area (Å²) < 4.78 is 5.56. The predicted octanol–water partition coefficient (Wildman–Crippen LogP) is 5.13. The fraction of sp³-hybridized carbons (Fsp3) is 0.212. The largest absolute Gasteiger partial charge is 0.495 e. The summed E-state index contributed by atoms with van der Waals surface area (Å²) in [6.07, 6.45) is 0.267. The Bertz CT molecular complexity index is 1430. The molecule has 0 spiro atoms. The Kier molecular flexibility index (Phi) is 8.61. The molecule has 40 heavy (non-hydrogen) atoms. The number of benzene rings is 4. The van der Waals surface area contributed by atoms with Crippen LogP contribution in [0.4, 0.5) is 17.1 Å². The van der Waals surface area contributed by atoms with Crippen molar-refractivity contribution in [2.75, 3.05) is 48.4 Å². The highest BCUT2D eigenvalue weighted by molar-refractivity contribution is 6.02. The number of para-hydroxylation sites is 2. The molecule has 1 fully saturated rings. The van der Waals surface area contributed by atoms with Crippen LogP contribution in [0.15, 0.2) is 103 Å². The van der Waals surface area contributed by atoms with Gasteiger partial charge in [-0.05, 0) is 41.5 Å². The molecule has 2 N–H and O–H groups in total. The second kappa shape index (κ2) is 12.8. The zero-order valence-electron chi connectivity index (χ0n) is 22.7. The number of rotatable bonds is 9. The van der Waals surface area contributed by atoms with Crippen molar-refractivity contribution in [1.82, 2.24) is 5.32 Å². The molecule has 0 atom stereocenters. The van der Waals surface area contributed by atoms with Gasteiger partial charge < -0.3 is 25.2 Å². The molecule has 5 rings (SSSR count). The molecule has 204 valence electrons. The van der Waals surface area contributed by atoms with Crippen LogP contribution < -0.4 is 25.2 Å². The number of nitrogens with zero attached hydrogens (tertiary/aromatic N) is 2. The first-order valence-corrected chi connectivity index (χ1v) is 13.5. The number of ether oxygens (including phenoxy) is 1. The molecule has 4 aromatic carbocycles. The van der Waals surface area contributed by atoms with Gasteiger partial charge in [-0.3, -0.25) is 9.59 Å². The minimum absolute atomic E-state index is 0.125. The first-order valence-electron chi connectivity index (χ1n) is 13.5. The Morgan fingerprint density at radius 3 is 2.00 bits per heavy atom. The van der Waals surface area contributed by atoms with E-state index in [1.807, 2.05) is 91.0 Å². The maximum atomic E-state index is 13.5. The van der Waals surface area contributed by atoms with Crippen molar-refractivity contribution in [3.05, 3.63) is 120 Å². The number of amides is 2. The van der Waals surface area contributed by atoms with Crippen LogP contribution in [0.3, 0.4) is 0 Å². The maximum absolute atomic E-state index is 13.5. The monoisotopic (exact) mass is 534 g/mol. The number of carbonyl (C=O) groups excluding carboxylic acids is 2. The summed E-state index contributed by atoms with van der Waals surface area (Å²) in [6.45, 7) is 3.50. The van der Waals surface area contributed by atoms with Gasteiger partial charge in [-0.1, -0.05) is 72.8 Å². The highest BCUT2D eigenvalue weighted by atomic mass is 16.5. The van der Waals surface area contributed by atoms with Crippen molar-refractivity contribution in [3.63, 3.8) is 0 Å². The third kappa shape index (κ3) is 6.61. The van der Waals surface area contributed by atoms with Gasteiger partial charge in [0.05, 0.1) is 24.8 Å². The number of anilines is 3. The van der Waals surface area contributed by atoms with Crippen LogP contribution in [0.2, 0.25) is 0 Å². The number of carbonyl (C=O) groups is 2. The molecule has 0 aliphatic carbocycles. The van der Waals surface area contributed by atoms with Gasteiger partial charge >= 0.3 is 0 Å². The number of piperazine rings is 1. The van der Waals surface area contributed by atoms with E-state index < -0.39 is 0 Å². The van der Waals surface area contributed by atoms with Crippen LogP contribution in [0.25, 0.3) is 0 Å². The molecule has 2 amide bonds. The average molecular weight is 535 g/mol. The third-order valence-corrected chi connectivity index (χ3v) is 7.07. The Hall–Kier alpha value is -4.78. The van der Waals surface area contributed by atoms with Crippen molar-refractivity contribution < 1.29 is 14.3 Å². The molecule has 0 unspecified atom stereocenters.